The SMILES string of the molecule is COc1cc(C(=O)NC[C@](O)(c2nc(-c3cc(Cl)c(F)cc3F)c3c(c2Cl)[C@@](C)(C(N)=O)CO3)C2CC2)cc2cn(C3CC3)nc12. The number of pyridine rings is 1. The van der Waals surface area contributed by atoms with Gasteiger partial charge < -0.3 is 25.6 Å². The zero-order chi connectivity index (χ0) is 32.7. The second kappa shape index (κ2) is 10.8. The molecule has 0 radical (unpaired) electrons. The predicted octanol–water partition coefficient (Wildman–Crippen LogP) is 5.19. The average molecular weight is 673 g/mol. The number of hydrogen-bond donors (Lipinski definition) is 3. The number of benzene rings is 2. The standard InChI is InChI=1S/C32H29Cl2F2N5O5/c1-31(30(37)43)13-46-27-23(31)24(34)28(39-26(27)18-9-19(33)21(36)10-20(18)35)32(44,16-3-4-16)12-38-29(42)14-7-15-11-41(17-5-6-17)40-25(15)22(8-14)45-2/h7-11,16-17,44H,3-6,12-13H2,1-2H3,(H2,37,43)(H,38,42)/t31-,32+/m0/s1. The number of carbonyl (C=O) groups is 2. The van der Waals surface area contributed by atoms with Crippen molar-refractivity contribution in [1.82, 2.24) is 20.1 Å². The Labute approximate surface area is 271 Å². The highest BCUT2D eigenvalue weighted by Crippen LogP contribution is 2.54. The molecular formula is C32H29Cl2F2N5O5. The van der Waals surface area contributed by atoms with Crippen LogP contribution in [0, 0.1) is 17.6 Å². The quantitative estimate of drug-likeness (QED) is 0.208. The molecule has 2 saturated carbocycles. The number of hydrogen-bond acceptors (Lipinski definition) is 7. The van der Waals surface area contributed by atoms with Crippen LogP contribution in [0.3, 0.4) is 0 Å². The predicted molar refractivity (Wildman–Crippen MR) is 165 cm³/mol. The molecule has 2 aliphatic carbocycles. The second-order valence-corrected chi connectivity index (χ2v) is 13.2. The minimum absolute atomic E-state index is 0.0362. The molecule has 4 aromatic rings. The summed E-state index contributed by atoms with van der Waals surface area (Å²) >= 11 is 12.9. The zero-order valence-corrected chi connectivity index (χ0v) is 26.3. The number of methoxy groups -OCH3 is 1. The van der Waals surface area contributed by atoms with Gasteiger partial charge >= 0.3 is 0 Å². The summed E-state index contributed by atoms with van der Waals surface area (Å²) in [5.41, 5.74) is 2.99. The zero-order valence-electron chi connectivity index (χ0n) is 24.8. The molecule has 0 unspecified atom stereocenters. The molecule has 240 valence electrons. The lowest BCUT2D eigenvalue weighted by Crippen LogP contribution is -2.44. The fourth-order valence-electron chi connectivity index (χ4n) is 6.07. The van der Waals surface area contributed by atoms with Gasteiger partial charge in [0.05, 0.1) is 35.4 Å². The Morgan fingerprint density at radius 1 is 1.20 bits per heavy atom. The number of carbonyl (C=O) groups excluding carboxylic acids is 2. The maximum Gasteiger partial charge on any atom is 0.251 e. The van der Waals surface area contributed by atoms with Crippen LogP contribution in [0.4, 0.5) is 8.78 Å². The first-order valence-electron chi connectivity index (χ1n) is 14.7. The molecule has 0 spiro atoms. The number of amides is 2. The summed E-state index contributed by atoms with van der Waals surface area (Å²) in [6.07, 6.45) is 5.11. The number of primary amides is 1. The van der Waals surface area contributed by atoms with E-state index in [1.54, 1.807) is 12.1 Å². The van der Waals surface area contributed by atoms with Crippen LogP contribution in [0.5, 0.6) is 11.5 Å². The maximum absolute atomic E-state index is 15.2. The fourth-order valence-corrected chi connectivity index (χ4v) is 6.74. The van der Waals surface area contributed by atoms with Crippen LogP contribution in [0.15, 0.2) is 30.5 Å². The number of fused-ring (bicyclic) bond motifs is 2. The Morgan fingerprint density at radius 2 is 1.93 bits per heavy atom. The van der Waals surface area contributed by atoms with Gasteiger partial charge in [-0.15, -0.1) is 0 Å². The molecular weight excluding hydrogens is 643 g/mol. The molecule has 46 heavy (non-hydrogen) atoms. The van der Waals surface area contributed by atoms with E-state index in [2.05, 4.69) is 15.4 Å². The van der Waals surface area contributed by atoms with Gasteiger partial charge in [0, 0.05) is 34.3 Å². The second-order valence-electron chi connectivity index (χ2n) is 12.4. The molecule has 2 amide bonds. The van der Waals surface area contributed by atoms with E-state index in [9.17, 15) is 19.1 Å². The molecule has 3 aliphatic rings. The number of halogens is 4. The van der Waals surface area contributed by atoms with E-state index in [-0.39, 0.29) is 62.9 Å². The molecule has 7 rings (SSSR count). The summed E-state index contributed by atoms with van der Waals surface area (Å²) in [4.78, 5) is 30.8. The summed E-state index contributed by atoms with van der Waals surface area (Å²) in [7, 11) is 1.50. The van der Waals surface area contributed by atoms with Gasteiger partial charge in [-0.05, 0) is 56.7 Å². The van der Waals surface area contributed by atoms with Crippen molar-refractivity contribution in [1.29, 1.82) is 0 Å². The van der Waals surface area contributed by atoms with Crippen LogP contribution in [0.1, 0.15) is 60.3 Å². The molecule has 2 aromatic heterocycles. The van der Waals surface area contributed by atoms with E-state index < -0.39 is 34.5 Å². The lowest BCUT2D eigenvalue weighted by atomic mass is 9.81. The Morgan fingerprint density at radius 3 is 2.59 bits per heavy atom. The van der Waals surface area contributed by atoms with E-state index in [1.807, 2.05) is 10.9 Å². The van der Waals surface area contributed by atoms with Crippen molar-refractivity contribution in [2.75, 3.05) is 20.3 Å². The van der Waals surface area contributed by atoms with E-state index >= 15 is 4.39 Å². The Kier molecular flexibility index (Phi) is 7.18. The van der Waals surface area contributed by atoms with Crippen LogP contribution in [-0.2, 0) is 15.8 Å². The highest BCUT2D eigenvalue weighted by molar-refractivity contribution is 6.33. The molecule has 3 heterocycles. The minimum atomic E-state index is -1.86. The van der Waals surface area contributed by atoms with Crippen LogP contribution in [0.2, 0.25) is 10.0 Å². The average Bonchev–Trinajstić information content (AvgIpc) is 3.97. The van der Waals surface area contributed by atoms with Crippen molar-refractivity contribution in [2.24, 2.45) is 11.7 Å². The number of nitrogens with zero attached hydrogens (tertiary/aromatic N) is 3. The Hall–Kier alpha value is -4.00. The number of rotatable bonds is 9. The van der Waals surface area contributed by atoms with Crippen molar-refractivity contribution >= 4 is 45.9 Å². The van der Waals surface area contributed by atoms with Gasteiger partial charge in [-0.2, -0.15) is 5.10 Å². The van der Waals surface area contributed by atoms with E-state index in [4.69, 9.17) is 38.4 Å². The summed E-state index contributed by atoms with van der Waals surface area (Å²) in [5.74, 6) is -3.25. The molecule has 0 saturated heterocycles. The molecule has 14 heteroatoms. The third-order valence-electron chi connectivity index (χ3n) is 9.13. The van der Waals surface area contributed by atoms with Crippen molar-refractivity contribution in [3.05, 3.63) is 69.0 Å². The van der Waals surface area contributed by atoms with E-state index in [1.165, 1.54) is 14.0 Å². The van der Waals surface area contributed by atoms with Crippen LogP contribution >= 0.6 is 23.2 Å². The first kappa shape index (κ1) is 30.6. The van der Waals surface area contributed by atoms with E-state index in [0.29, 0.717) is 36.2 Å². The van der Waals surface area contributed by atoms with Crippen molar-refractivity contribution in [3.63, 3.8) is 0 Å². The van der Waals surface area contributed by atoms with Crippen molar-refractivity contribution < 1.29 is 33.0 Å². The summed E-state index contributed by atoms with van der Waals surface area (Å²) in [6, 6.07) is 5.26. The minimum Gasteiger partial charge on any atom is -0.494 e. The summed E-state index contributed by atoms with van der Waals surface area (Å²) < 4.78 is 42.6. The van der Waals surface area contributed by atoms with Crippen LogP contribution in [-0.4, -0.2) is 51.9 Å². The normalized spacial score (nSPS) is 20.2. The number of nitrogens with one attached hydrogen (secondary N) is 1. The Balaban J connectivity index is 1.30. The third kappa shape index (κ3) is 4.85. The highest BCUT2D eigenvalue weighted by Gasteiger charge is 2.52. The summed E-state index contributed by atoms with van der Waals surface area (Å²) in [6.45, 7) is 0.956. The van der Waals surface area contributed by atoms with Crippen LogP contribution in [0.25, 0.3) is 22.2 Å². The first-order chi connectivity index (χ1) is 21.9. The number of aliphatic hydroxyl groups is 1. The lowest BCUT2D eigenvalue weighted by molar-refractivity contribution is -0.123. The van der Waals surface area contributed by atoms with Gasteiger partial charge in [0.2, 0.25) is 5.91 Å². The largest absolute Gasteiger partial charge is 0.494 e. The van der Waals surface area contributed by atoms with Gasteiger partial charge in [0.1, 0.15) is 46.2 Å². The van der Waals surface area contributed by atoms with Gasteiger partial charge in [-0.1, -0.05) is 23.2 Å². The number of aromatic nitrogens is 3. The van der Waals surface area contributed by atoms with E-state index in [0.717, 1.165) is 24.3 Å². The van der Waals surface area contributed by atoms with Crippen molar-refractivity contribution in [2.45, 2.75) is 49.7 Å². The molecule has 2 atom stereocenters. The van der Waals surface area contributed by atoms with Gasteiger partial charge in [0.25, 0.3) is 5.91 Å². The smallest absolute Gasteiger partial charge is 0.251 e. The van der Waals surface area contributed by atoms with Gasteiger partial charge in [-0.3, -0.25) is 14.3 Å². The summed E-state index contributed by atoms with van der Waals surface area (Å²) in [5, 5.41) is 20.0. The number of ether oxygens (including phenoxy) is 2. The van der Waals surface area contributed by atoms with Crippen LogP contribution < -0.4 is 20.5 Å². The number of nitrogens with two attached hydrogens (primary N) is 1. The molecule has 1 aliphatic heterocycles. The monoisotopic (exact) mass is 671 g/mol. The molecule has 0 bridgehead atoms. The maximum atomic E-state index is 15.2. The topological polar surface area (TPSA) is 142 Å². The molecule has 2 fully saturated rings. The first-order valence-corrected chi connectivity index (χ1v) is 15.5. The third-order valence-corrected chi connectivity index (χ3v) is 9.79. The highest BCUT2D eigenvalue weighted by atomic mass is 35.5. The molecule has 10 nitrogen and oxygen atoms in total. The van der Waals surface area contributed by atoms with Crippen molar-refractivity contribution in [3.8, 4) is 22.8 Å². The van der Waals surface area contributed by atoms with Gasteiger partial charge in [-0.25, -0.2) is 13.8 Å². The lowest BCUT2D eigenvalue weighted by Gasteiger charge is -2.31. The molecule has 2 aromatic carbocycles. The molecule has 4 N–H and O–H groups in total. The van der Waals surface area contributed by atoms with Gasteiger partial charge in [0.15, 0.2) is 5.75 Å². The fraction of sp³-hybridized carbons (Fsp3) is 0.375. The Bertz CT molecular complexity index is 1960.